The van der Waals surface area contributed by atoms with E-state index in [1.807, 2.05) is 30.3 Å². The molecule has 0 spiro atoms. The molecular formula is C24H26FN3O. The van der Waals surface area contributed by atoms with Crippen molar-refractivity contribution in [3.05, 3.63) is 70.0 Å². The molecule has 0 bridgehead atoms. The quantitative estimate of drug-likeness (QED) is 0.624. The third kappa shape index (κ3) is 3.60. The lowest BCUT2D eigenvalue weighted by Gasteiger charge is -2.17. The van der Waals surface area contributed by atoms with Gasteiger partial charge in [-0.25, -0.2) is 9.37 Å². The maximum absolute atomic E-state index is 14.7. The molecule has 2 aromatic carbocycles. The first-order valence-corrected chi connectivity index (χ1v) is 10.7. The van der Waals surface area contributed by atoms with Crippen LogP contribution in [0.2, 0.25) is 0 Å². The second kappa shape index (κ2) is 7.71. The number of hydrogen-bond acceptors (Lipinski definition) is 3. The van der Waals surface area contributed by atoms with Crippen LogP contribution in [0.4, 0.5) is 4.39 Å². The highest BCUT2D eigenvalue weighted by atomic mass is 19.1. The fourth-order valence-corrected chi connectivity index (χ4v) is 4.49. The molecule has 1 aromatic heterocycles. The summed E-state index contributed by atoms with van der Waals surface area (Å²) in [6, 6.07) is 12.9. The van der Waals surface area contributed by atoms with E-state index in [1.165, 1.54) is 18.9 Å². The van der Waals surface area contributed by atoms with Crippen molar-refractivity contribution in [3.8, 4) is 5.69 Å². The van der Waals surface area contributed by atoms with Crippen molar-refractivity contribution in [2.45, 2.75) is 44.4 Å². The first kappa shape index (κ1) is 18.5. The Kier molecular flexibility index (Phi) is 4.92. The van der Waals surface area contributed by atoms with Crippen molar-refractivity contribution in [3.63, 3.8) is 0 Å². The summed E-state index contributed by atoms with van der Waals surface area (Å²) in [4.78, 5) is 20.8. The standard InChI is InChI=1S/C24H26FN3O/c25-20-13-12-17(7-6-16-27-14-4-5-15-27)21-22(20)26-23(18-10-11-18)28(24(21)29)19-8-2-1-3-9-19/h1-3,8-9,12-13,18H,4-7,10-11,14-16H2. The van der Waals surface area contributed by atoms with E-state index in [-0.39, 0.29) is 17.0 Å². The maximum Gasteiger partial charge on any atom is 0.266 e. The molecule has 1 aliphatic carbocycles. The van der Waals surface area contributed by atoms with E-state index < -0.39 is 5.82 Å². The fraction of sp³-hybridized carbons (Fsp3) is 0.417. The summed E-state index contributed by atoms with van der Waals surface area (Å²) in [5.74, 6) is 0.537. The summed E-state index contributed by atoms with van der Waals surface area (Å²) < 4.78 is 16.4. The maximum atomic E-state index is 14.7. The molecule has 2 heterocycles. The molecule has 150 valence electrons. The number of aromatic nitrogens is 2. The van der Waals surface area contributed by atoms with Gasteiger partial charge in [0.15, 0.2) is 0 Å². The van der Waals surface area contributed by atoms with Gasteiger partial charge in [0.2, 0.25) is 0 Å². The molecule has 1 aliphatic heterocycles. The Labute approximate surface area is 170 Å². The van der Waals surface area contributed by atoms with Gasteiger partial charge in [-0.1, -0.05) is 24.3 Å². The van der Waals surface area contributed by atoms with Crippen LogP contribution in [0.5, 0.6) is 0 Å². The summed E-state index contributed by atoms with van der Waals surface area (Å²) in [7, 11) is 0. The molecule has 4 nitrogen and oxygen atoms in total. The molecule has 0 radical (unpaired) electrons. The number of hydrogen-bond donors (Lipinski definition) is 0. The monoisotopic (exact) mass is 391 g/mol. The SMILES string of the molecule is O=c1c2c(CCCN3CCCC3)ccc(F)c2nc(C2CC2)n1-c1ccccc1. The van der Waals surface area contributed by atoms with Crippen LogP contribution in [-0.4, -0.2) is 34.1 Å². The van der Waals surface area contributed by atoms with Gasteiger partial charge in [-0.3, -0.25) is 9.36 Å². The van der Waals surface area contributed by atoms with Gasteiger partial charge in [-0.05, 0) is 81.9 Å². The van der Waals surface area contributed by atoms with Crippen LogP contribution >= 0.6 is 0 Å². The number of benzene rings is 2. The zero-order valence-corrected chi connectivity index (χ0v) is 16.6. The van der Waals surface area contributed by atoms with Crippen molar-refractivity contribution in [2.24, 2.45) is 0 Å². The molecule has 1 saturated heterocycles. The fourth-order valence-electron chi connectivity index (χ4n) is 4.49. The number of rotatable bonds is 6. The number of para-hydroxylation sites is 1. The van der Waals surface area contributed by atoms with E-state index in [9.17, 15) is 9.18 Å². The van der Waals surface area contributed by atoms with Crippen LogP contribution in [0.1, 0.15) is 49.4 Å². The van der Waals surface area contributed by atoms with E-state index in [0.29, 0.717) is 11.2 Å². The van der Waals surface area contributed by atoms with Crippen LogP contribution in [0, 0.1) is 5.82 Å². The minimum absolute atomic E-state index is 0.140. The largest absolute Gasteiger partial charge is 0.303 e. The summed E-state index contributed by atoms with van der Waals surface area (Å²) in [5, 5.41) is 0.444. The van der Waals surface area contributed by atoms with Crippen LogP contribution in [0.3, 0.4) is 0 Å². The predicted octanol–water partition coefficient (Wildman–Crippen LogP) is 4.43. The van der Waals surface area contributed by atoms with E-state index in [0.717, 1.165) is 56.6 Å². The minimum Gasteiger partial charge on any atom is -0.303 e. The molecule has 5 heteroatoms. The van der Waals surface area contributed by atoms with E-state index in [2.05, 4.69) is 4.90 Å². The highest BCUT2D eigenvalue weighted by Gasteiger charge is 2.30. The van der Waals surface area contributed by atoms with Crippen molar-refractivity contribution < 1.29 is 4.39 Å². The van der Waals surface area contributed by atoms with Crippen molar-refractivity contribution >= 4 is 10.9 Å². The number of likely N-dealkylation sites (tertiary alicyclic amines) is 1. The molecule has 0 unspecified atom stereocenters. The van der Waals surface area contributed by atoms with Gasteiger partial charge in [0, 0.05) is 5.92 Å². The van der Waals surface area contributed by atoms with Gasteiger partial charge in [0.25, 0.3) is 5.56 Å². The summed E-state index contributed by atoms with van der Waals surface area (Å²) in [6.45, 7) is 3.36. The third-order valence-electron chi connectivity index (χ3n) is 6.16. The molecule has 2 aliphatic rings. The Balaban J connectivity index is 1.60. The number of fused-ring (bicyclic) bond motifs is 1. The van der Waals surface area contributed by atoms with Gasteiger partial charge >= 0.3 is 0 Å². The van der Waals surface area contributed by atoms with Gasteiger partial charge in [-0.2, -0.15) is 0 Å². The van der Waals surface area contributed by atoms with Crippen molar-refractivity contribution in [2.75, 3.05) is 19.6 Å². The molecule has 0 atom stereocenters. The topological polar surface area (TPSA) is 38.1 Å². The molecule has 0 amide bonds. The van der Waals surface area contributed by atoms with E-state index in [4.69, 9.17) is 4.98 Å². The molecular weight excluding hydrogens is 365 g/mol. The van der Waals surface area contributed by atoms with Gasteiger partial charge in [0.1, 0.15) is 17.2 Å². The average Bonchev–Trinajstić information content (AvgIpc) is 3.46. The van der Waals surface area contributed by atoms with Gasteiger partial charge < -0.3 is 4.90 Å². The second-order valence-corrected chi connectivity index (χ2v) is 8.30. The average molecular weight is 391 g/mol. The summed E-state index contributed by atoms with van der Waals surface area (Å²) >= 11 is 0. The zero-order valence-electron chi connectivity index (χ0n) is 16.6. The highest BCUT2D eigenvalue weighted by molar-refractivity contribution is 5.82. The summed E-state index contributed by atoms with van der Waals surface area (Å²) in [6.07, 6.45) is 6.28. The predicted molar refractivity (Wildman–Crippen MR) is 113 cm³/mol. The molecule has 1 saturated carbocycles. The third-order valence-corrected chi connectivity index (χ3v) is 6.16. The van der Waals surface area contributed by atoms with Crippen LogP contribution in [0.25, 0.3) is 16.6 Å². The van der Waals surface area contributed by atoms with E-state index in [1.54, 1.807) is 10.6 Å². The van der Waals surface area contributed by atoms with Crippen molar-refractivity contribution in [1.29, 1.82) is 0 Å². The number of nitrogens with zero attached hydrogens (tertiary/aromatic N) is 3. The lowest BCUT2D eigenvalue weighted by Crippen LogP contribution is -2.25. The smallest absolute Gasteiger partial charge is 0.266 e. The number of aryl methyl sites for hydroxylation is 1. The normalized spacial score (nSPS) is 17.3. The van der Waals surface area contributed by atoms with Gasteiger partial charge in [-0.15, -0.1) is 0 Å². The first-order chi connectivity index (χ1) is 14.2. The Bertz CT molecular complexity index is 1080. The summed E-state index contributed by atoms with van der Waals surface area (Å²) in [5.41, 5.74) is 1.81. The lowest BCUT2D eigenvalue weighted by molar-refractivity contribution is 0.334. The molecule has 5 rings (SSSR count). The molecule has 3 aromatic rings. The minimum atomic E-state index is -0.400. The molecule has 29 heavy (non-hydrogen) atoms. The Morgan fingerprint density at radius 1 is 1.03 bits per heavy atom. The zero-order chi connectivity index (χ0) is 19.8. The highest BCUT2D eigenvalue weighted by Crippen LogP contribution is 2.40. The van der Waals surface area contributed by atoms with Crippen LogP contribution in [-0.2, 0) is 6.42 Å². The lowest BCUT2D eigenvalue weighted by atomic mass is 10.0. The Morgan fingerprint density at radius 3 is 2.52 bits per heavy atom. The van der Waals surface area contributed by atoms with Crippen LogP contribution in [0.15, 0.2) is 47.3 Å². The Hall–Kier alpha value is -2.53. The molecule has 2 fully saturated rings. The van der Waals surface area contributed by atoms with Crippen molar-refractivity contribution in [1.82, 2.24) is 14.5 Å². The van der Waals surface area contributed by atoms with Crippen LogP contribution < -0.4 is 5.56 Å². The molecule has 0 N–H and O–H groups in total. The van der Waals surface area contributed by atoms with E-state index >= 15 is 0 Å². The first-order valence-electron chi connectivity index (χ1n) is 10.7. The number of halogens is 1. The van der Waals surface area contributed by atoms with Gasteiger partial charge in [0.05, 0.1) is 11.1 Å². The Morgan fingerprint density at radius 2 is 1.79 bits per heavy atom. The second-order valence-electron chi connectivity index (χ2n) is 8.30.